The van der Waals surface area contributed by atoms with E-state index in [-0.39, 0.29) is 17.4 Å². The number of aromatic hydroxyl groups is 1. The molecule has 1 aliphatic heterocycles. The Morgan fingerprint density at radius 1 is 1.35 bits per heavy atom. The third-order valence-electron chi connectivity index (χ3n) is 3.56. The molecule has 1 fully saturated rings. The minimum absolute atomic E-state index is 0.0680. The lowest BCUT2D eigenvalue weighted by molar-refractivity contribution is 0.178. The van der Waals surface area contributed by atoms with Gasteiger partial charge < -0.3 is 15.5 Å². The SMILES string of the molecule is OCCN(Cc1cc(Cl)cc(Cl)c1O)CC1CCCN1. The Balaban J connectivity index is 2.06. The third-order valence-corrected chi connectivity index (χ3v) is 4.06. The van der Waals surface area contributed by atoms with Crippen LogP contribution in [0.1, 0.15) is 18.4 Å². The van der Waals surface area contributed by atoms with Gasteiger partial charge in [-0.25, -0.2) is 0 Å². The highest BCUT2D eigenvalue weighted by molar-refractivity contribution is 6.35. The van der Waals surface area contributed by atoms with E-state index < -0.39 is 0 Å². The van der Waals surface area contributed by atoms with Crippen molar-refractivity contribution in [3.8, 4) is 5.75 Å². The fraction of sp³-hybridized carbons (Fsp3) is 0.571. The molecule has 0 radical (unpaired) electrons. The van der Waals surface area contributed by atoms with Gasteiger partial charge in [-0.05, 0) is 31.5 Å². The summed E-state index contributed by atoms with van der Waals surface area (Å²) in [5, 5.41) is 23.4. The molecule has 1 aromatic rings. The quantitative estimate of drug-likeness (QED) is 0.753. The van der Waals surface area contributed by atoms with Crippen molar-refractivity contribution in [3.05, 3.63) is 27.7 Å². The van der Waals surface area contributed by atoms with Gasteiger partial charge in [0.1, 0.15) is 5.75 Å². The van der Waals surface area contributed by atoms with Gasteiger partial charge in [-0.1, -0.05) is 23.2 Å². The first-order chi connectivity index (χ1) is 9.60. The molecule has 4 nitrogen and oxygen atoms in total. The smallest absolute Gasteiger partial charge is 0.138 e. The van der Waals surface area contributed by atoms with Crippen LogP contribution in [-0.2, 0) is 6.54 Å². The number of benzene rings is 1. The second-order valence-corrected chi connectivity index (χ2v) is 5.99. The summed E-state index contributed by atoms with van der Waals surface area (Å²) in [7, 11) is 0. The maximum atomic E-state index is 10.0. The molecule has 0 spiro atoms. The van der Waals surface area contributed by atoms with Gasteiger partial charge in [0.05, 0.1) is 11.6 Å². The summed E-state index contributed by atoms with van der Waals surface area (Å²) in [5.74, 6) is 0.0680. The third kappa shape index (κ3) is 4.24. The average molecular weight is 319 g/mol. The molecule has 0 amide bonds. The van der Waals surface area contributed by atoms with Gasteiger partial charge >= 0.3 is 0 Å². The number of hydrogen-bond donors (Lipinski definition) is 3. The predicted octanol–water partition coefficient (Wildman–Crippen LogP) is 2.25. The molecule has 2 rings (SSSR count). The molecule has 0 saturated carbocycles. The van der Waals surface area contributed by atoms with Crippen LogP contribution < -0.4 is 5.32 Å². The van der Waals surface area contributed by atoms with E-state index in [0.717, 1.165) is 19.5 Å². The van der Waals surface area contributed by atoms with E-state index in [1.54, 1.807) is 6.07 Å². The van der Waals surface area contributed by atoms with E-state index >= 15 is 0 Å². The molecular formula is C14H20Cl2N2O2. The predicted molar refractivity (Wildman–Crippen MR) is 81.5 cm³/mol. The number of hydrogen-bond acceptors (Lipinski definition) is 4. The molecule has 1 unspecified atom stereocenters. The lowest BCUT2D eigenvalue weighted by Gasteiger charge is -2.25. The lowest BCUT2D eigenvalue weighted by Crippen LogP contribution is -2.38. The highest BCUT2D eigenvalue weighted by Gasteiger charge is 2.19. The van der Waals surface area contributed by atoms with Crippen molar-refractivity contribution >= 4 is 23.2 Å². The second kappa shape index (κ2) is 7.48. The molecule has 1 atom stereocenters. The van der Waals surface area contributed by atoms with Gasteiger partial charge in [-0.2, -0.15) is 0 Å². The fourth-order valence-electron chi connectivity index (χ4n) is 2.58. The maximum Gasteiger partial charge on any atom is 0.138 e. The second-order valence-electron chi connectivity index (χ2n) is 5.15. The Bertz CT molecular complexity index is 451. The number of nitrogens with zero attached hydrogens (tertiary/aromatic N) is 1. The Kier molecular flexibility index (Phi) is 5.93. The van der Waals surface area contributed by atoms with Crippen molar-refractivity contribution in [3.63, 3.8) is 0 Å². The van der Waals surface area contributed by atoms with E-state index in [0.29, 0.717) is 29.7 Å². The van der Waals surface area contributed by atoms with Crippen LogP contribution in [0.15, 0.2) is 12.1 Å². The maximum absolute atomic E-state index is 10.0. The van der Waals surface area contributed by atoms with Crippen LogP contribution in [0.2, 0.25) is 10.0 Å². The normalized spacial score (nSPS) is 18.9. The lowest BCUT2D eigenvalue weighted by atomic mass is 10.1. The first-order valence-electron chi connectivity index (χ1n) is 6.83. The molecular weight excluding hydrogens is 299 g/mol. The highest BCUT2D eigenvalue weighted by Crippen LogP contribution is 2.32. The average Bonchev–Trinajstić information content (AvgIpc) is 2.88. The molecule has 0 bridgehead atoms. The number of halogens is 2. The molecule has 112 valence electrons. The van der Waals surface area contributed by atoms with Crippen LogP contribution in [-0.4, -0.2) is 47.4 Å². The van der Waals surface area contributed by atoms with Crippen LogP contribution in [0.25, 0.3) is 0 Å². The first kappa shape index (κ1) is 15.9. The van der Waals surface area contributed by atoms with Crippen molar-refractivity contribution < 1.29 is 10.2 Å². The van der Waals surface area contributed by atoms with Gasteiger partial charge in [0.2, 0.25) is 0 Å². The van der Waals surface area contributed by atoms with Crippen molar-refractivity contribution in [1.82, 2.24) is 10.2 Å². The first-order valence-corrected chi connectivity index (χ1v) is 7.59. The summed E-state index contributed by atoms with van der Waals surface area (Å²) >= 11 is 11.9. The van der Waals surface area contributed by atoms with Crippen LogP contribution in [0.4, 0.5) is 0 Å². The Morgan fingerprint density at radius 3 is 2.80 bits per heavy atom. The zero-order valence-electron chi connectivity index (χ0n) is 11.3. The number of aliphatic hydroxyl groups is 1. The Hall–Kier alpha value is -0.520. The minimum Gasteiger partial charge on any atom is -0.506 e. The Labute approximate surface area is 129 Å². The molecule has 1 aliphatic rings. The van der Waals surface area contributed by atoms with E-state index in [4.69, 9.17) is 23.2 Å². The van der Waals surface area contributed by atoms with Crippen LogP contribution in [0, 0.1) is 0 Å². The van der Waals surface area contributed by atoms with Gasteiger partial charge in [0.25, 0.3) is 0 Å². The van der Waals surface area contributed by atoms with E-state index in [2.05, 4.69) is 10.2 Å². The summed E-state index contributed by atoms with van der Waals surface area (Å²) in [5.41, 5.74) is 0.689. The summed E-state index contributed by atoms with van der Waals surface area (Å²) in [6, 6.07) is 3.69. The summed E-state index contributed by atoms with van der Waals surface area (Å²) in [6.07, 6.45) is 2.33. The van der Waals surface area contributed by atoms with Gasteiger partial charge in [-0.3, -0.25) is 4.90 Å². The molecule has 1 heterocycles. The molecule has 20 heavy (non-hydrogen) atoms. The Morgan fingerprint density at radius 2 is 2.15 bits per heavy atom. The molecule has 0 aromatic heterocycles. The van der Waals surface area contributed by atoms with E-state index in [1.165, 1.54) is 12.5 Å². The van der Waals surface area contributed by atoms with Crippen molar-refractivity contribution in [2.24, 2.45) is 0 Å². The molecule has 0 aliphatic carbocycles. The van der Waals surface area contributed by atoms with E-state index in [1.807, 2.05) is 0 Å². The van der Waals surface area contributed by atoms with Crippen LogP contribution in [0.3, 0.4) is 0 Å². The highest BCUT2D eigenvalue weighted by atomic mass is 35.5. The summed E-state index contributed by atoms with van der Waals surface area (Å²) in [6.45, 7) is 3.05. The van der Waals surface area contributed by atoms with E-state index in [9.17, 15) is 10.2 Å². The molecule has 6 heteroatoms. The van der Waals surface area contributed by atoms with Crippen molar-refractivity contribution in [1.29, 1.82) is 0 Å². The van der Waals surface area contributed by atoms with Crippen LogP contribution in [0.5, 0.6) is 5.75 Å². The molecule has 1 aromatic carbocycles. The van der Waals surface area contributed by atoms with Gasteiger partial charge in [0, 0.05) is 36.3 Å². The zero-order chi connectivity index (χ0) is 14.5. The number of phenols is 1. The zero-order valence-corrected chi connectivity index (χ0v) is 12.8. The van der Waals surface area contributed by atoms with Crippen LogP contribution >= 0.6 is 23.2 Å². The standard InChI is InChI=1S/C14H20Cl2N2O2/c15-11-6-10(14(20)13(16)7-11)8-18(4-5-19)9-12-2-1-3-17-12/h6-7,12,17,19-20H,1-5,8-9H2. The largest absolute Gasteiger partial charge is 0.506 e. The minimum atomic E-state index is 0.0680. The fourth-order valence-corrected chi connectivity index (χ4v) is 3.12. The van der Waals surface area contributed by atoms with Gasteiger partial charge in [-0.15, -0.1) is 0 Å². The van der Waals surface area contributed by atoms with Crippen molar-refractivity contribution in [2.75, 3.05) is 26.2 Å². The van der Waals surface area contributed by atoms with Crippen molar-refractivity contribution in [2.45, 2.75) is 25.4 Å². The summed E-state index contributed by atoms with van der Waals surface area (Å²) < 4.78 is 0. The summed E-state index contributed by atoms with van der Waals surface area (Å²) in [4.78, 5) is 2.10. The number of nitrogens with one attached hydrogen (secondary N) is 1. The monoisotopic (exact) mass is 318 g/mol. The topological polar surface area (TPSA) is 55.7 Å². The molecule has 3 N–H and O–H groups in total. The number of rotatable bonds is 6. The molecule has 1 saturated heterocycles. The number of aliphatic hydroxyl groups excluding tert-OH is 1. The van der Waals surface area contributed by atoms with Gasteiger partial charge in [0.15, 0.2) is 0 Å². The number of phenolic OH excluding ortho intramolecular Hbond substituents is 1.